The first kappa shape index (κ1) is 9.19. The number of hydrogen-bond acceptors (Lipinski definition) is 3. The zero-order valence-corrected chi connectivity index (χ0v) is 8.88. The molecule has 3 rings (SSSR count). The van der Waals surface area contributed by atoms with Gasteiger partial charge in [-0.05, 0) is 36.1 Å². The minimum absolute atomic E-state index is 0.136. The molecule has 2 aliphatic rings. The van der Waals surface area contributed by atoms with Crippen LogP contribution in [0.25, 0.3) is 0 Å². The second kappa shape index (κ2) is 2.97. The molecule has 2 N–H and O–H groups in total. The van der Waals surface area contributed by atoms with E-state index in [2.05, 4.69) is 12.1 Å². The third-order valence-corrected chi connectivity index (χ3v) is 3.36. The number of fused-ring (bicyclic) bond motifs is 1. The molecule has 1 aromatic rings. The van der Waals surface area contributed by atoms with Gasteiger partial charge in [-0.15, -0.1) is 0 Å². The van der Waals surface area contributed by atoms with Gasteiger partial charge in [0.05, 0.1) is 20.3 Å². The predicted molar refractivity (Wildman–Crippen MR) is 56.6 cm³/mol. The lowest BCUT2D eigenvalue weighted by Gasteiger charge is -2.15. The summed E-state index contributed by atoms with van der Waals surface area (Å²) in [5, 5.41) is 0. The molecular formula is C12H15NO2. The fourth-order valence-corrected chi connectivity index (χ4v) is 2.17. The van der Waals surface area contributed by atoms with Crippen LogP contribution in [0.15, 0.2) is 12.1 Å². The Bertz CT molecular complexity index is 410. The topological polar surface area (TPSA) is 44.5 Å². The van der Waals surface area contributed by atoms with Crippen molar-refractivity contribution in [3.05, 3.63) is 28.8 Å². The van der Waals surface area contributed by atoms with Crippen LogP contribution in [0, 0.1) is 0 Å². The molecule has 0 bridgehead atoms. The van der Waals surface area contributed by atoms with E-state index in [0.29, 0.717) is 13.2 Å². The number of methoxy groups -OCH3 is 1. The Labute approximate surface area is 89.2 Å². The van der Waals surface area contributed by atoms with Crippen LogP contribution in [0.3, 0.4) is 0 Å². The van der Waals surface area contributed by atoms with Gasteiger partial charge in [0.25, 0.3) is 0 Å². The maximum absolute atomic E-state index is 6.22. The summed E-state index contributed by atoms with van der Waals surface area (Å²) in [7, 11) is 1.70. The number of nitrogens with two attached hydrogens (primary N) is 1. The van der Waals surface area contributed by atoms with Gasteiger partial charge in [0.2, 0.25) is 0 Å². The first-order chi connectivity index (χ1) is 7.23. The molecule has 1 aromatic carbocycles. The largest absolute Gasteiger partial charge is 0.496 e. The van der Waals surface area contributed by atoms with Crippen LogP contribution >= 0.6 is 0 Å². The Morgan fingerprint density at radius 2 is 1.93 bits per heavy atom. The summed E-state index contributed by atoms with van der Waals surface area (Å²) < 4.78 is 10.8. The standard InChI is InChI=1S/C12H15NO2/c1-14-11-5-9-7-15-6-8(9)4-10(11)12(13)2-3-12/h4-5H,2-3,6-7,13H2,1H3. The van der Waals surface area contributed by atoms with Crippen LogP contribution in [-0.4, -0.2) is 7.11 Å². The molecule has 80 valence electrons. The van der Waals surface area contributed by atoms with Gasteiger partial charge in [0.15, 0.2) is 0 Å². The van der Waals surface area contributed by atoms with Gasteiger partial charge < -0.3 is 15.2 Å². The fraction of sp³-hybridized carbons (Fsp3) is 0.500. The molecule has 0 atom stereocenters. The third kappa shape index (κ3) is 1.34. The quantitative estimate of drug-likeness (QED) is 0.798. The van der Waals surface area contributed by atoms with Gasteiger partial charge in [-0.2, -0.15) is 0 Å². The highest BCUT2D eigenvalue weighted by Gasteiger charge is 2.42. The van der Waals surface area contributed by atoms with Crippen LogP contribution < -0.4 is 10.5 Å². The lowest BCUT2D eigenvalue weighted by molar-refractivity contribution is 0.134. The smallest absolute Gasteiger partial charge is 0.124 e. The van der Waals surface area contributed by atoms with Crippen molar-refractivity contribution in [3.63, 3.8) is 0 Å². The zero-order valence-electron chi connectivity index (χ0n) is 8.88. The van der Waals surface area contributed by atoms with Gasteiger partial charge in [-0.25, -0.2) is 0 Å². The molecule has 0 aromatic heterocycles. The Hall–Kier alpha value is -1.06. The van der Waals surface area contributed by atoms with Gasteiger partial charge in [-0.3, -0.25) is 0 Å². The van der Waals surface area contributed by atoms with Crippen LogP contribution in [0.2, 0.25) is 0 Å². The van der Waals surface area contributed by atoms with Gasteiger partial charge in [0, 0.05) is 11.1 Å². The minimum atomic E-state index is -0.136. The molecule has 1 fully saturated rings. The molecule has 0 unspecified atom stereocenters. The Morgan fingerprint density at radius 3 is 2.53 bits per heavy atom. The Balaban J connectivity index is 2.12. The summed E-state index contributed by atoms with van der Waals surface area (Å²) in [5.41, 5.74) is 9.73. The average Bonchev–Trinajstić information content (AvgIpc) is 2.83. The van der Waals surface area contributed by atoms with Gasteiger partial charge >= 0.3 is 0 Å². The minimum Gasteiger partial charge on any atom is -0.496 e. The van der Waals surface area contributed by atoms with E-state index in [-0.39, 0.29) is 5.54 Å². The third-order valence-electron chi connectivity index (χ3n) is 3.36. The van der Waals surface area contributed by atoms with Crippen molar-refractivity contribution in [3.8, 4) is 5.75 Å². The monoisotopic (exact) mass is 205 g/mol. The maximum atomic E-state index is 6.22. The highest BCUT2D eigenvalue weighted by atomic mass is 16.5. The Morgan fingerprint density at radius 1 is 1.27 bits per heavy atom. The summed E-state index contributed by atoms with van der Waals surface area (Å²) in [4.78, 5) is 0. The first-order valence-electron chi connectivity index (χ1n) is 5.30. The van der Waals surface area contributed by atoms with Crippen molar-refractivity contribution in [1.29, 1.82) is 0 Å². The van der Waals surface area contributed by atoms with Crippen molar-refractivity contribution in [2.24, 2.45) is 5.73 Å². The molecule has 15 heavy (non-hydrogen) atoms. The van der Waals surface area contributed by atoms with Crippen molar-refractivity contribution < 1.29 is 9.47 Å². The molecule has 0 radical (unpaired) electrons. The van der Waals surface area contributed by atoms with E-state index in [4.69, 9.17) is 15.2 Å². The number of rotatable bonds is 2. The average molecular weight is 205 g/mol. The zero-order chi connectivity index (χ0) is 10.5. The summed E-state index contributed by atoms with van der Waals surface area (Å²) in [5.74, 6) is 0.916. The van der Waals surface area contributed by atoms with Crippen LogP contribution in [0.1, 0.15) is 29.5 Å². The fourth-order valence-electron chi connectivity index (χ4n) is 2.17. The lowest BCUT2D eigenvalue weighted by atomic mass is 9.98. The highest BCUT2D eigenvalue weighted by molar-refractivity contribution is 5.48. The molecule has 1 saturated carbocycles. The summed E-state index contributed by atoms with van der Waals surface area (Å²) >= 11 is 0. The molecule has 1 aliphatic heterocycles. The molecule has 0 spiro atoms. The SMILES string of the molecule is COc1cc2c(cc1C1(N)CC1)COC2. The normalized spacial score (nSPS) is 21.2. The molecule has 1 heterocycles. The van der Waals surface area contributed by atoms with Gasteiger partial charge in [0.1, 0.15) is 5.75 Å². The molecule has 3 heteroatoms. The lowest BCUT2D eigenvalue weighted by Crippen LogP contribution is -2.20. The van der Waals surface area contributed by atoms with Crippen molar-refractivity contribution >= 4 is 0 Å². The molecule has 0 amide bonds. The van der Waals surface area contributed by atoms with E-state index >= 15 is 0 Å². The maximum Gasteiger partial charge on any atom is 0.124 e. The van der Waals surface area contributed by atoms with E-state index in [9.17, 15) is 0 Å². The van der Waals surface area contributed by atoms with Crippen LogP contribution in [0.5, 0.6) is 5.75 Å². The Kier molecular flexibility index (Phi) is 1.82. The molecule has 3 nitrogen and oxygen atoms in total. The van der Waals surface area contributed by atoms with E-state index in [0.717, 1.165) is 24.2 Å². The summed E-state index contributed by atoms with van der Waals surface area (Å²) in [6, 6.07) is 4.23. The molecule has 1 aliphatic carbocycles. The summed E-state index contributed by atoms with van der Waals surface area (Å²) in [6.45, 7) is 1.41. The number of hydrogen-bond donors (Lipinski definition) is 1. The van der Waals surface area contributed by atoms with E-state index in [1.165, 1.54) is 11.1 Å². The summed E-state index contributed by atoms with van der Waals surface area (Å²) in [6.07, 6.45) is 2.12. The molecular weight excluding hydrogens is 190 g/mol. The van der Waals surface area contributed by atoms with E-state index < -0.39 is 0 Å². The van der Waals surface area contributed by atoms with Crippen molar-refractivity contribution in [1.82, 2.24) is 0 Å². The van der Waals surface area contributed by atoms with E-state index in [1.54, 1.807) is 7.11 Å². The van der Waals surface area contributed by atoms with Crippen molar-refractivity contribution in [2.75, 3.05) is 7.11 Å². The van der Waals surface area contributed by atoms with Crippen molar-refractivity contribution in [2.45, 2.75) is 31.6 Å². The van der Waals surface area contributed by atoms with Crippen LogP contribution in [-0.2, 0) is 23.5 Å². The second-order valence-corrected chi connectivity index (χ2v) is 4.47. The number of ether oxygens (including phenoxy) is 2. The predicted octanol–water partition coefficient (Wildman–Crippen LogP) is 1.67. The van der Waals surface area contributed by atoms with Crippen LogP contribution in [0.4, 0.5) is 0 Å². The van der Waals surface area contributed by atoms with E-state index in [1.807, 2.05) is 0 Å². The first-order valence-corrected chi connectivity index (χ1v) is 5.30. The molecule has 0 saturated heterocycles. The second-order valence-electron chi connectivity index (χ2n) is 4.47. The van der Waals surface area contributed by atoms with Gasteiger partial charge in [-0.1, -0.05) is 0 Å². The highest BCUT2D eigenvalue weighted by Crippen LogP contribution is 2.47. The number of benzene rings is 1.